The van der Waals surface area contributed by atoms with E-state index in [1.54, 1.807) is 10.9 Å². The number of aromatic nitrogens is 2. The second kappa shape index (κ2) is 6.24. The van der Waals surface area contributed by atoms with Crippen molar-refractivity contribution in [1.82, 2.24) is 14.7 Å². The van der Waals surface area contributed by atoms with Gasteiger partial charge in [-0.2, -0.15) is 5.10 Å². The molecule has 3 rings (SSSR count). The summed E-state index contributed by atoms with van der Waals surface area (Å²) in [6.07, 6.45) is 4.54. The van der Waals surface area contributed by atoms with E-state index in [0.29, 0.717) is 18.4 Å². The molecule has 1 N–H and O–H groups in total. The van der Waals surface area contributed by atoms with E-state index in [-0.39, 0.29) is 17.6 Å². The number of aliphatic hydroxyl groups is 1. The van der Waals surface area contributed by atoms with Crippen LogP contribution < -0.4 is 0 Å². The molecule has 2 aliphatic heterocycles. The third-order valence-electron chi connectivity index (χ3n) is 4.91. The molecule has 0 spiro atoms. The lowest BCUT2D eigenvalue weighted by Crippen LogP contribution is -2.50. The highest BCUT2D eigenvalue weighted by Crippen LogP contribution is 2.34. The van der Waals surface area contributed by atoms with Gasteiger partial charge in [0.15, 0.2) is 0 Å². The summed E-state index contributed by atoms with van der Waals surface area (Å²) in [7, 11) is 1.89. The average molecular weight is 320 g/mol. The minimum absolute atomic E-state index is 0.0728. The highest BCUT2D eigenvalue weighted by atomic mass is 16.5. The maximum atomic E-state index is 10.5. The number of aliphatic hydroxyl groups excluding tert-OH is 1. The Kier molecular flexibility index (Phi) is 4.47. The van der Waals surface area contributed by atoms with Gasteiger partial charge in [0.05, 0.1) is 24.4 Å². The van der Waals surface area contributed by atoms with Crippen molar-refractivity contribution in [2.45, 2.75) is 39.4 Å². The molecule has 0 radical (unpaired) electrons. The Labute approximate surface area is 138 Å². The van der Waals surface area contributed by atoms with Gasteiger partial charge in [-0.1, -0.05) is 20.8 Å². The van der Waals surface area contributed by atoms with Crippen molar-refractivity contribution in [1.29, 1.82) is 0 Å². The zero-order valence-electron chi connectivity index (χ0n) is 14.6. The SMILES string of the molecule is Cn1cc(C2=NCC(CN3CCC(C(C)(C)C)C(O)C3)O2)cn1. The number of likely N-dealkylation sites (tertiary alicyclic amines) is 1. The first-order valence-corrected chi connectivity index (χ1v) is 8.43. The molecule has 1 aromatic rings. The topological polar surface area (TPSA) is 62.9 Å². The molecule has 3 unspecified atom stereocenters. The van der Waals surface area contributed by atoms with Gasteiger partial charge in [-0.25, -0.2) is 4.99 Å². The first kappa shape index (κ1) is 16.5. The molecule has 1 aromatic heterocycles. The average Bonchev–Trinajstić information content (AvgIpc) is 3.06. The quantitative estimate of drug-likeness (QED) is 0.912. The predicted molar refractivity (Wildman–Crippen MR) is 89.5 cm³/mol. The van der Waals surface area contributed by atoms with Crippen LogP contribution in [0.25, 0.3) is 0 Å². The van der Waals surface area contributed by atoms with Gasteiger partial charge in [0.25, 0.3) is 0 Å². The van der Waals surface area contributed by atoms with Gasteiger partial charge in [0.1, 0.15) is 6.10 Å². The Bertz CT molecular complexity index is 575. The van der Waals surface area contributed by atoms with E-state index < -0.39 is 0 Å². The number of ether oxygens (including phenoxy) is 1. The minimum Gasteiger partial charge on any atom is -0.471 e. The van der Waals surface area contributed by atoms with Gasteiger partial charge in [-0.05, 0) is 24.3 Å². The van der Waals surface area contributed by atoms with Crippen LogP contribution in [0.4, 0.5) is 0 Å². The van der Waals surface area contributed by atoms with Gasteiger partial charge >= 0.3 is 0 Å². The van der Waals surface area contributed by atoms with Crippen molar-refractivity contribution in [2.24, 2.45) is 23.4 Å². The van der Waals surface area contributed by atoms with Gasteiger partial charge in [-0.3, -0.25) is 9.58 Å². The fourth-order valence-corrected chi connectivity index (χ4v) is 3.66. The Balaban J connectivity index is 1.51. The maximum absolute atomic E-state index is 10.5. The highest BCUT2D eigenvalue weighted by molar-refractivity contribution is 5.94. The van der Waals surface area contributed by atoms with Gasteiger partial charge in [0, 0.05) is 26.3 Å². The normalized spacial score (nSPS) is 29.4. The van der Waals surface area contributed by atoms with Crippen molar-refractivity contribution >= 4 is 5.90 Å². The lowest BCUT2D eigenvalue weighted by atomic mass is 9.73. The molecule has 0 aliphatic carbocycles. The molecule has 1 saturated heterocycles. The predicted octanol–water partition coefficient (Wildman–Crippen LogP) is 1.29. The van der Waals surface area contributed by atoms with E-state index in [1.165, 1.54) is 0 Å². The van der Waals surface area contributed by atoms with E-state index in [0.717, 1.165) is 31.6 Å². The van der Waals surface area contributed by atoms with E-state index in [9.17, 15) is 5.11 Å². The van der Waals surface area contributed by atoms with Crippen LogP contribution in [0.15, 0.2) is 17.4 Å². The molecule has 0 aromatic carbocycles. The molecular weight excluding hydrogens is 292 g/mol. The Morgan fingerprint density at radius 2 is 2.17 bits per heavy atom. The lowest BCUT2D eigenvalue weighted by molar-refractivity contribution is -0.0316. The van der Waals surface area contributed by atoms with Crippen LogP contribution in [0.3, 0.4) is 0 Å². The third kappa shape index (κ3) is 3.75. The van der Waals surface area contributed by atoms with Crippen LogP contribution in [0.2, 0.25) is 0 Å². The number of hydrogen-bond acceptors (Lipinski definition) is 5. The molecule has 0 saturated carbocycles. The van der Waals surface area contributed by atoms with Crippen molar-refractivity contribution in [3.8, 4) is 0 Å². The third-order valence-corrected chi connectivity index (χ3v) is 4.91. The first-order valence-electron chi connectivity index (χ1n) is 8.43. The number of nitrogens with zero attached hydrogens (tertiary/aromatic N) is 4. The summed E-state index contributed by atoms with van der Waals surface area (Å²) in [6, 6.07) is 0. The van der Waals surface area contributed by atoms with Gasteiger partial charge < -0.3 is 9.84 Å². The number of aliphatic imine (C=N–C) groups is 1. The Hall–Kier alpha value is -1.40. The largest absolute Gasteiger partial charge is 0.471 e. The molecule has 3 atom stereocenters. The summed E-state index contributed by atoms with van der Waals surface area (Å²) in [5, 5.41) is 14.6. The summed E-state index contributed by atoms with van der Waals surface area (Å²) in [4.78, 5) is 6.80. The van der Waals surface area contributed by atoms with E-state index >= 15 is 0 Å². The van der Waals surface area contributed by atoms with Gasteiger partial charge in [-0.15, -0.1) is 0 Å². The molecule has 0 amide bonds. The minimum atomic E-state index is -0.260. The fraction of sp³-hybridized carbons (Fsp3) is 0.765. The van der Waals surface area contributed by atoms with Gasteiger partial charge in [0.2, 0.25) is 5.90 Å². The van der Waals surface area contributed by atoms with Crippen molar-refractivity contribution < 1.29 is 9.84 Å². The number of β-amino-alcohol motifs (C(OH)–C–C–N with tert-alkyl or cyclic N) is 1. The van der Waals surface area contributed by atoms with E-state index in [1.807, 2.05) is 13.2 Å². The van der Waals surface area contributed by atoms with E-state index in [2.05, 4.69) is 35.8 Å². The molecule has 3 heterocycles. The zero-order valence-corrected chi connectivity index (χ0v) is 14.6. The van der Waals surface area contributed by atoms with Crippen LogP contribution >= 0.6 is 0 Å². The summed E-state index contributed by atoms with van der Waals surface area (Å²) >= 11 is 0. The number of aryl methyl sites for hydroxylation is 1. The lowest BCUT2D eigenvalue weighted by Gasteiger charge is -2.42. The molecule has 6 nitrogen and oxygen atoms in total. The molecule has 1 fully saturated rings. The molecular formula is C17H28N4O2. The number of hydrogen-bond donors (Lipinski definition) is 1. The molecule has 128 valence electrons. The molecule has 23 heavy (non-hydrogen) atoms. The summed E-state index contributed by atoms with van der Waals surface area (Å²) in [5.41, 5.74) is 1.09. The van der Waals surface area contributed by atoms with Crippen molar-refractivity contribution in [2.75, 3.05) is 26.2 Å². The first-order chi connectivity index (χ1) is 10.8. The number of rotatable bonds is 3. The molecule has 0 bridgehead atoms. The maximum Gasteiger partial charge on any atom is 0.219 e. The van der Waals surface area contributed by atoms with Crippen LogP contribution in [0.1, 0.15) is 32.8 Å². The Morgan fingerprint density at radius 3 is 2.78 bits per heavy atom. The second-order valence-corrected chi connectivity index (χ2v) is 7.88. The fourth-order valence-electron chi connectivity index (χ4n) is 3.66. The standard InChI is InChI=1S/C17H28N4O2/c1-17(2,3)14-5-6-21(11-15(14)22)10-13-8-18-16(23-13)12-7-19-20(4)9-12/h7,9,13-15,22H,5-6,8,10-11H2,1-4H3. The van der Waals surface area contributed by atoms with Crippen molar-refractivity contribution in [3.05, 3.63) is 18.0 Å². The number of piperidine rings is 1. The molecule has 2 aliphatic rings. The summed E-state index contributed by atoms with van der Waals surface area (Å²) in [5.74, 6) is 1.05. The molecule has 6 heteroatoms. The smallest absolute Gasteiger partial charge is 0.219 e. The van der Waals surface area contributed by atoms with Crippen LogP contribution in [0, 0.1) is 11.3 Å². The second-order valence-electron chi connectivity index (χ2n) is 7.88. The van der Waals surface area contributed by atoms with Crippen LogP contribution in [-0.2, 0) is 11.8 Å². The van der Waals surface area contributed by atoms with Crippen molar-refractivity contribution in [3.63, 3.8) is 0 Å². The van der Waals surface area contributed by atoms with Crippen LogP contribution in [0.5, 0.6) is 0 Å². The highest BCUT2D eigenvalue weighted by Gasteiger charge is 2.36. The summed E-state index contributed by atoms with van der Waals surface area (Å²) in [6.45, 7) is 9.88. The Morgan fingerprint density at radius 1 is 1.39 bits per heavy atom. The monoisotopic (exact) mass is 320 g/mol. The summed E-state index contributed by atoms with van der Waals surface area (Å²) < 4.78 is 7.72. The van der Waals surface area contributed by atoms with Crippen LogP contribution in [-0.4, -0.2) is 64.1 Å². The van der Waals surface area contributed by atoms with E-state index in [4.69, 9.17) is 4.74 Å². The zero-order chi connectivity index (χ0) is 16.6.